The van der Waals surface area contributed by atoms with Gasteiger partial charge in [-0.15, -0.1) is 0 Å². The molecule has 0 radical (unpaired) electrons. The molecule has 0 fully saturated rings. The first-order chi connectivity index (χ1) is 9.42. The number of nitrogens with zero attached hydrogens (tertiary/aromatic N) is 2. The third-order valence-electron chi connectivity index (χ3n) is 2.83. The molecule has 8 heteroatoms. The predicted octanol–water partition coefficient (Wildman–Crippen LogP) is 1.18. The van der Waals surface area contributed by atoms with Crippen molar-refractivity contribution in [2.24, 2.45) is 7.05 Å². The average molecular weight is 315 g/mol. The number of nitrogens with one attached hydrogen (secondary N) is 1. The van der Waals surface area contributed by atoms with Gasteiger partial charge in [0, 0.05) is 32.4 Å². The number of halogens is 1. The topological polar surface area (TPSA) is 90.0 Å². The zero-order chi connectivity index (χ0) is 14.8. The molecule has 1 aromatic carbocycles. The molecule has 0 aliphatic rings. The molecule has 0 atom stereocenters. The number of rotatable bonds is 5. The van der Waals surface area contributed by atoms with Gasteiger partial charge in [0.05, 0.1) is 10.7 Å². The molecule has 2 rings (SSSR count). The Labute approximate surface area is 122 Å². The number of nitrogen functional groups attached to an aromatic ring is 1. The molecule has 0 amide bonds. The van der Waals surface area contributed by atoms with Crippen LogP contribution in [0, 0.1) is 0 Å². The minimum Gasteiger partial charge on any atom is -0.398 e. The van der Waals surface area contributed by atoms with Crippen molar-refractivity contribution in [2.45, 2.75) is 11.3 Å². The van der Waals surface area contributed by atoms with Gasteiger partial charge in [0.15, 0.2) is 0 Å². The molecule has 20 heavy (non-hydrogen) atoms. The molecule has 0 aliphatic heterocycles. The van der Waals surface area contributed by atoms with Crippen LogP contribution in [0.3, 0.4) is 0 Å². The van der Waals surface area contributed by atoms with Crippen molar-refractivity contribution in [3.8, 4) is 0 Å². The van der Waals surface area contributed by atoms with Crippen LogP contribution in [0.25, 0.3) is 0 Å². The third-order valence-corrected chi connectivity index (χ3v) is 4.83. The predicted molar refractivity (Wildman–Crippen MR) is 78.0 cm³/mol. The Kier molecular flexibility index (Phi) is 4.32. The number of aryl methyl sites for hydroxylation is 1. The SMILES string of the molecule is Cn1ccnc1CCNS(=O)(=O)c1c(N)cccc1Cl. The first-order valence-electron chi connectivity index (χ1n) is 5.91. The molecular formula is C12H15ClN4O2S. The highest BCUT2D eigenvalue weighted by atomic mass is 35.5. The van der Waals surface area contributed by atoms with Gasteiger partial charge >= 0.3 is 0 Å². The summed E-state index contributed by atoms with van der Waals surface area (Å²) in [6.45, 7) is 0.220. The summed E-state index contributed by atoms with van der Waals surface area (Å²) in [4.78, 5) is 4.04. The van der Waals surface area contributed by atoms with E-state index >= 15 is 0 Å². The van der Waals surface area contributed by atoms with Crippen molar-refractivity contribution < 1.29 is 8.42 Å². The Morgan fingerprint density at radius 2 is 2.20 bits per heavy atom. The Hall–Kier alpha value is -1.57. The Balaban J connectivity index is 2.10. The Morgan fingerprint density at radius 3 is 2.80 bits per heavy atom. The lowest BCUT2D eigenvalue weighted by Gasteiger charge is -2.10. The van der Waals surface area contributed by atoms with Gasteiger partial charge in [-0.05, 0) is 12.1 Å². The number of aromatic nitrogens is 2. The van der Waals surface area contributed by atoms with Gasteiger partial charge in [-0.2, -0.15) is 0 Å². The van der Waals surface area contributed by atoms with Crippen LogP contribution < -0.4 is 10.5 Å². The maximum absolute atomic E-state index is 12.2. The van der Waals surface area contributed by atoms with Crippen LogP contribution in [0.5, 0.6) is 0 Å². The summed E-state index contributed by atoms with van der Waals surface area (Å²) in [5.41, 5.74) is 5.80. The first kappa shape index (κ1) is 14.8. The summed E-state index contributed by atoms with van der Waals surface area (Å²) < 4.78 is 28.7. The zero-order valence-electron chi connectivity index (χ0n) is 10.9. The van der Waals surface area contributed by atoms with Gasteiger partial charge in [0.25, 0.3) is 0 Å². The number of hydrogen-bond donors (Lipinski definition) is 2. The van der Waals surface area contributed by atoms with E-state index < -0.39 is 10.0 Å². The van der Waals surface area contributed by atoms with Crippen LogP contribution in [0.1, 0.15) is 5.82 Å². The number of imidazole rings is 1. The maximum Gasteiger partial charge on any atom is 0.244 e. The summed E-state index contributed by atoms with van der Waals surface area (Å²) in [6.07, 6.45) is 3.94. The van der Waals surface area contributed by atoms with Gasteiger partial charge < -0.3 is 10.3 Å². The second-order valence-corrected chi connectivity index (χ2v) is 6.37. The number of hydrogen-bond acceptors (Lipinski definition) is 4. The fourth-order valence-corrected chi connectivity index (χ4v) is 3.52. The monoisotopic (exact) mass is 314 g/mol. The summed E-state index contributed by atoms with van der Waals surface area (Å²) in [5, 5.41) is 0.106. The molecule has 6 nitrogen and oxygen atoms in total. The van der Waals surface area contributed by atoms with Gasteiger partial charge in [0.1, 0.15) is 10.7 Å². The highest BCUT2D eigenvalue weighted by Crippen LogP contribution is 2.26. The summed E-state index contributed by atoms with van der Waals surface area (Å²) in [6, 6.07) is 4.59. The molecule has 2 aromatic rings. The highest BCUT2D eigenvalue weighted by molar-refractivity contribution is 7.89. The second-order valence-electron chi connectivity index (χ2n) is 4.26. The van der Waals surface area contributed by atoms with Gasteiger partial charge in [-0.25, -0.2) is 18.1 Å². The largest absolute Gasteiger partial charge is 0.398 e. The maximum atomic E-state index is 12.2. The van der Waals surface area contributed by atoms with Gasteiger partial charge in [0.2, 0.25) is 10.0 Å². The minimum atomic E-state index is -3.73. The van der Waals surface area contributed by atoms with Crippen LogP contribution in [-0.2, 0) is 23.5 Å². The molecular weight excluding hydrogens is 300 g/mol. The van der Waals surface area contributed by atoms with E-state index in [1.165, 1.54) is 12.1 Å². The Bertz CT molecular complexity index is 692. The van der Waals surface area contributed by atoms with Crippen molar-refractivity contribution in [3.05, 3.63) is 41.4 Å². The molecule has 0 spiro atoms. The van der Waals surface area contributed by atoms with Crippen LogP contribution >= 0.6 is 11.6 Å². The van der Waals surface area contributed by atoms with E-state index in [9.17, 15) is 8.42 Å². The first-order valence-corrected chi connectivity index (χ1v) is 7.78. The number of nitrogens with two attached hydrogens (primary N) is 1. The standard InChI is InChI=1S/C12H15ClN4O2S/c1-17-8-7-15-11(17)5-6-16-20(18,19)12-9(13)3-2-4-10(12)14/h2-4,7-8,16H,5-6,14H2,1H3. The lowest BCUT2D eigenvalue weighted by molar-refractivity contribution is 0.580. The normalized spacial score (nSPS) is 11.7. The van der Waals surface area contributed by atoms with E-state index in [2.05, 4.69) is 9.71 Å². The average Bonchev–Trinajstić information content (AvgIpc) is 2.74. The molecule has 3 N–H and O–H groups in total. The van der Waals surface area contributed by atoms with Crippen LogP contribution in [0.15, 0.2) is 35.5 Å². The van der Waals surface area contributed by atoms with E-state index in [-0.39, 0.29) is 22.2 Å². The highest BCUT2D eigenvalue weighted by Gasteiger charge is 2.20. The van der Waals surface area contributed by atoms with E-state index in [1.54, 1.807) is 18.5 Å². The van der Waals surface area contributed by atoms with E-state index in [0.717, 1.165) is 5.82 Å². The van der Waals surface area contributed by atoms with Crippen molar-refractivity contribution in [1.82, 2.24) is 14.3 Å². The third kappa shape index (κ3) is 3.12. The van der Waals surface area contributed by atoms with Crippen molar-refractivity contribution in [2.75, 3.05) is 12.3 Å². The fraction of sp³-hybridized carbons (Fsp3) is 0.250. The smallest absolute Gasteiger partial charge is 0.244 e. The number of anilines is 1. The van der Waals surface area contributed by atoms with Gasteiger partial charge in [-0.3, -0.25) is 0 Å². The molecule has 0 saturated heterocycles. The lowest BCUT2D eigenvalue weighted by atomic mass is 10.3. The van der Waals surface area contributed by atoms with Crippen LogP contribution in [0.2, 0.25) is 5.02 Å². The summed E-state index contributed by atoms with van der Waals surface area (Å²) >= 11 is 5.90. The van der Waals surface area contributed by atoms with E-state index in [0.29, 0.717) is 6.42 Å². The number of sulfonamides is 1. The van der Waals surface area contributed by atoms with Crippen LogP contribution in [0.4, 0.5) is 5.69 Å². The van der Waals surface area contributed by atoms with E-state index in [1.807, 2.05) is 11.6 Å². The summed E-state index contributed by atoms with van der Waals surface area (Å²) in [5.74, 6) is 0.792. The second kappa shape index (κ2) is 5.82. The molecule has 1 aromatic heterocycles. The molecule has 108 valence electrons. The van der Waals surface area contributed by atoms with Crippen molar-refractivity contribution in [1.29, 1.82) is 0 Å². The zero-order valence-corrected chi connectivity index (χ0v) is 12.4. The fourth-order valence-electron chi connectivity index (χ4n) is 1.82. The number of benzene rings is 1. The quantitative estimate of drug-likeness (QED) is 0.811. The molecule has 0 saturated carbocycles. The Morgan fingerprint density at radius 1 is 1.45 bits per heavy atom. The molecule has 0 bridgehead atoms. The molecule has 0 aliphatic carbocycles. The van der Waals surface area contributed by atoms with Crippen molar-refractivity contribution in [3.63, 3.8) is 0 Å². The van der Waals surface area contributed by atoms with Gasteiger partial charge in [-0.1, -0.05) is 17.7 Å². The lowest BCUT2D eigenvalue weighted by Crippen LogP contribution is -2.27. The minimum absolute atomic E-state index is 0.0819. The van der Waals surface area contributed by atoms with E-state index in [4.69, 9.17) is 17.3 Å². The molecule has 0 unspecified atom stereocenters. The van der Waals surface area contributed by atoms with Crippen LogP contribution in [-0.4, -0.2) is 24.5 Å². The molecule has 1 heterocycles. The summed E-state index contributed by atoms with van der Waals surface area (Å²) in [7, 11) is -1.88. The van der Waals surface area contributed by atoms with Crippen molar-refractivity contribution >= 4 is 27.3 Å².